The number of carbonyl (C=O) groups excluding carboxylic acids is 2. The molecule has 2 amide bonds. The molecular formula is C21H20N2O5S2. The number of benzene rings is 2. The zero-order valence-electron chi connectivity index (χ0n) is 16.4. The lowest BCUT2D eigenvalue weighted by atomic mass is 10.2. The molecule has 1 saturated heterocycles. The van der Waals surface area contributed by atoms with Gasteiger partial charge in [-0.15, -0.1) is 0 Å². The lowest BCUT2D eigenvalue weighted by Crippen LogP contribution is -2.31. The molecule has 2 N–H and O–H groups in total. The SMILES string of the molecule is COc1ccc(/C=C2\SC(=S)N(CCC(=O)Nc3ccc(O)cc3)C2=O)cc1OC. The molecule has 1 aliphatic heterocycles. The fraction of sp³-hybridized carbons (Fsp3) is 0.190. The molecule has 0 radical (unpaired) electrons. The number of ether oxygens (including phenoxy) is 2. The number of hydrogen-bond donors (Lipinski definition) is 2. The van der Waals surface area contributed by atoms with E-state index in [0.717, 1.165) is 5.56 Å². The molecule has 7 nitrogen and oxygen atoms in total. The average Bonchev–Trinajstić information content (AvgIpc) is 3.00. The highest BCUT2D eigenvalue weighted by Crippen LogP contribution is 2.34. The first kappa shape index (κ1) is 21.7. The summed E-state index contributed by atoms with van der Waals surface area (Å²) in [5.41, 5.74) is 1.34. The standard InChI is InChI=1S/C21H20N2O5S2/c1-27-16-8-3-13(11-17(16)28-2)12-18-20(26)23(21(29)30-18)10-9-19(25)22-14-4-6-15(24)7-5-14/h3-8,11-12,24H,9-10H2,1-2H3,(H,22,25)/b18-12-. The molecule has 156 valence electrons. The van der Waals surface area contributed by atoms with Gasteiger partial charge >= 0.3 is 0 Å². The third-order valence-corrected chi connectivity index (χ3v) is 5.67. The molecule has 1 heterocycles. The molecule has 1 fully saturated rings. The van der Waals surface area contributed by atoms with E-state index in [1.165, 1.54) is 28.8 Å². The Morgan fingerprint density at radius 3 is 2.53 bits per heavy atom. The number of thioether (sulfide) groups is 1. The summed E-state index contributed by atoms with van der Waals surface area (Å²) in [5, 5.41) is 12.0. The number of phenols is 1. The Bertz CT molecular complexity index is 1000. The van der Waals surface area contributed by atoms with Gasteiger partial charge in [0.25, 0.3) is 5.91 Å². The Morgan fingerprint density at radius 2 is 1.87 bits per heavy atom. The molecule has 30 heavy (non-hydrogen) atoms. The van der Waals surface area contributed by atoms with Gasteiger partial charge in [0.1, 0.15) is 10.1 Å². The number of hydrogen-bond acceptors (Lipinski definition) is 7. The number of phenolic OH excluding ortho intramolecular Hbond substituents is 1. The Morgan fingerprint density at radius 1 is 1.17 bits per heavy atom. The van der Waals surface area contributed by atoms with E-state index >= 15 is 0 Å². The van der Waals surface area contributed by atoms with E-state index in [2.05, 4.69) is 5.32 Å². The Hall–Kier alpha value is -3.04. The first-order valence-electron chi connectivity index (χ1n) is 8.97. The molecule has 0 unspecified atom stereocenters. The van der Waals surface area contributed by atoms with Gasteiger partial charge in [0.2, 0.25) is 5.91 Å². The van der Waals surface area contributed by atoms with Gasteiger partial charge in [-0.1, -0.05) is 30.0 Å². The minimum absolute atomic E-state index is 0.0942. The second-order valence-corrected chi connectivity index (χ2v) is 7.97. The van der Waals surface area contributed by atoms with Gasteiger partial charge < -0.3 is 19.9 Å². The lowest BCUT2D eigenvalue weighted by Gasteiger charge is -2.14. The lowest BCUT2D eigenvalue weighted by molar-refractivity contribution is -0.122. The quantitative estimate of drug-likeness (QED) is 0.383. The maximum Gasteiger partial charge on any atom is 0.266 e. The predicted molar refractivity (Wildman–Crippen MR) is 121 cm³/mol. The van der Waals surface area contributed by atoms with Crippen LogP contribution in [0, 0.1) is 0 Å². The average molecular weight is 445 g/mol. The summed E-state index contributed by atoms with van der Waals surface area (Å²) in [6, 6.07) is 11.5. The molecule has 0 saturated carbocycles. The Balaban J connectivity index is 1.63. The smallest absolute Gasteiger partial charge is 0.266 e. The van der Waals surface area contributed by atoms with E-state index in [1.54, 1.807) is 44.6 Å². The molecule has 0 aromatic heterocycles. The van der Waals surface area contributed by atoms with E-state index in [0.29, 0.717) is 26.4 Å². The summed E-state index contributed by atoms with van der Waals surface area (Å²) in [7, 11) is 3.10. The number of nitrogens with zero attached hydrogens (tertiary/aromatic N) is 1. The van der Waals surface area contributed by atoms with Crippen molar-refractivity contribution in [3.8, 4) is 17.2 Å². The van der Waals surface area contributed by atoms with Crippen LogP contribution in [-0.4, -0.2) is 46.9 Å². The first-order chi connectivity index (χ1) is 14.4. The molecular weight excluding hydrogens is 424 g/mol. The van der Waals surface area contributed by atoms with Crippen molar-refractivity contribution in [1.29, 1.82) is 0 Å². The third kappa shape index (κ3) is 5.11. The van der Waals surface area contributed by atoms with E-state index in [-0.39, 0.29) is 30.5 Å². The number of carbonyl (C=O) groups is 2. The van der Waals surface area contributed by atoms with Crippen LogP contribution in [-0.2, 0) is 9.59 Å². The van der Waals surface area contributed by atoms with E-state index in [4.69, 9.17) is 21.7 Å². The minimum Gasteiger partial charge on any atom is -0.508 e. The van der Waals surface area contributed by atoms with Crippen LogP contribution in [0.5, 0.6) is 17.2 Å². The maximum atomic E-state index is 12.7. The second-order valence-electron chi connectivity index (χ2n) is 6.29. The summed E-state index contributed by atoms with van der Waals surface area (Å²) in [4.78, 5) is 26.8. The molecule has 3 rings (SSSR count). The van der Waals surface area contributed by atoms with Gasteiger partial charge in [-0.3, -0.25) is 14.5 Å². The summed E-state index contributed by atoms with van der Waals surface area (Å²) in [6.07, 6.45) is 1.83. The monoisotopic (exact) mass is 444 g/mol. The van der Waals surface area contributed by atoms with Gasteiger partial charge in [0.15, 0.2) is 11.5 Å². The zero-order valence-corrected chi connectivity index (χ0v) is 18.0. The van der Waals surface area contributed by atoms with Crippen LogP contribution in [0.2, 0.25) is 0 Å². The van der Waals surface area contributed by atoms with Crippen molar-refractivity contribution in [3.05, 3.63) is 52.9 Å². The largest absolute Gasteiger partial charge is 0.508 e. The van der Waals surface area contributed by atoms with Gasteiger partial charge in [-0.2, -0.15) is 0 Å². The number of anilines is 1. The highest BCUT2D eigenvalue weighted by atomic mass is 32.2. The van der Waals surface area contributed by atoms with Crippen molar-refractivity contribution in [3.63, 3.8) is 0 Å². The van der Waals surface area contributed by atoms with E-state index in [9.17, 15) is 14.7 Å². The van der Waals surface area contributed by atoms with Crippen LogP contribution in [0.1, 0.15) is 12.0 Å². The number of methoxy groups -OCH3 is 2. The molecule has 2 aromatic carbocycles. The number of rotatable bonds is 7. The van der Waals surface area contributed by atoms with Crippen LogP contribution >= 0.6 is 24.0 Å². The molecule has 0 aliphatic carbocycles. The van der Waals surface area contributed by atoms with Crippen molar-refractivity contribution in [2.45, 2.75) is 6.42 Å². The fourth-order valence-corrected chi connectivity index (χ4v) is 4.08. The van der Waals surface area contributed by atoms with Crippen molar-refractivity contribution < 1.29 is 24.2 Å². The van der Waals surface area contributed by atoms with Crippen LogP contribution < -0.4 is 14.8 Å². The Labute approximate surface area is 183 Å². The zero-order chi connectivity index (χ0) is 21.7. The van der Waals surface area contributed by atoms with Crippen LogP contribution in [0.25, 0.3) is 6.08 Å². The molecule has 9 heteroatoms. The summed E-state index contributed by atoms with van der Waals surface area (Å²) >= 11 is 6.51. The van der Waals surface area contributed by atoms with Crippen molar-refractivity contribution >= 4 is 51.9 Å². The number of amides is 2. The number of nitrogens with one attached hydrogen (secondary N) is 1. The molecule has 1 aliphatic rings. The highest BCUT2D eigenvalue weighted by molar-refractivity contribution is 8.26. The molecule has 0 spiro atoms. The Kier molecular flexibility index (Phi) is 6.96. The highest BCUT2D eigenvalue weighted by Gasteiger charge is 2.32. The summed E-state index contributed by atoms with van der Waals surface area (Å²) < 4.78 is 10.9. The van der Waals surface area contributed by atoms with Crippen LogP contribution in [0.15, 0.2) is 47.4 Å². The van der Waals surface area contributed by atoms with Gasteiger partial charge in [0, 0.05) is 18.7 Å². The summed E-state index contributed by atoms with van der Waals surface area (Å²) in [5.74, 6) is 0.789. The van der Waals surface area contributed by atoms with Gasteiger partial charge in [-0.05, 0) is 48.0 Å². The van der Waals surface area contributed by atoms with Crippen LogP contribution in [0.3, 0.4) is 0 Å². The normalized spacial score (nSPS) is 14.9. The summed E-state index contributed by atoms with van der Waals surface area (Å²) in [6.45, 7) is 0.178. The molecule has 0 bridgehead atoms. The number of thiocarbonyl (C=S) groups is 1. The van der Waals surface area contributed by atoms with Gasteiger partial charge in [0.05, 0.1) is 19.1 Å². The van der Waals surface area contributed by atoms with Crippen molar-refractivity contribution in [2.24, 2.45) is 0 Å². The molecule has 2 aromatic rings. The van der Waals surface area contributed by atoms with Gasteiger partial charge in [-0.25, -0.2) is 0 Å². The van der Waals surface area contributed by atoms with E-state index in [1.807, 2.05) is 6.07 Å². The fourth-order valence-electron chi connectivity index (χ4n) is 2.77. The van der Waals surface area contributed by atoms with Crippen molar-refractivity contribution in [2.75, 3.05) is 26.1 Å². The van der Waals surface area contributed by atoms with E-state index < -0.39 is 0 Å². The predicted octanol–water partition coefficient (Wildman–Crippen LogP) is 3.64. The minimum atomic E-state index is -0.251. The first-order valence-corrected chi connectivity index (χ1v) is 10.2. The van der Waals surface area contributed by atoms with Crippen LogP contribution in [0.4, 0.5) is 5.69 Å². The second kappa shape index (κ2) is 9.64. The number of aromatic hydroxyl groups is 1. The molecule has 0 atom stereocenters. The third-order valence-electron chi connectivity index (χ3n) is 4.29. The maximum absolute atomic E-state index is 12.7. The topological polar surface area (TPSA) is 88.1 Å². The van der Waals surface area contributed by atoms with Crippen molar-refractivity contribution in [1.82, 2.24) is 4.90 Å².